The molecule has 0 aliphatic rings. The molecule has 0 atom stereocenters. The van der Waals surface area contributed by atoms with E-state index in [0.717, 1.165) is 11.8 Å². The van der Waals surface area contributed by atoms with Crippen LogP contribution in [0.15, 0.2) is 30.3 Å². The molecule has 82 valence electrons. The lowest BCUT2D eigenvalue weighted by Crippen LogP contribution is -1.97. The predicted octanol–water partition coefficient (Wildman–Crippen LogP) is 2.66. The summed E-state index contributed by atoms with van der Waals surface area (Å²) >= 11 is 0. The summed E-state index contributed by atoms with van der Waals surface area (Å²) in [5, 5.41) is 0. The maximum Gasteiger partial charge on any atom is 0.323 e. The molecule has 0 radical (unpaired) electrons. The van der Waals surface area contributed by atoms with Crippen molar-refractivity contribution in [3.8, 4) is 0 Å². The van der Waals surface area contributed by atoms with Crippen LogP contribution < -0.4 is 0 Å². The Kier molecular flexibility index (Phi) is 4.90. The Balaban J connectivity index is 2.40. The number of Topliss-reactive ketones (excluding diaryl/α,β-unsaturated/α-hetero) is 1. The molecule has 0 saturated heterocycles. The molecular weight excluding hydrogens is 200 g/mol. The summed E-state index contributed by atoms with van der Waals surface area (Å²) in [5.41, 5.74) is 10.5. The highest BCUT2D eigenvalue weighted by molar-refractivity contribution is 6.25. The molecule has 0 saturated carbocycles. The lowest BCUT2D eigenvalue weighted by molar-refractivity contribution is -0.116. The molecule has 0 aromatic heterocycles. The zero-order chi connectivity index (χ0) is 11.8. The average Bonchev–Trinajstić information content (AvgIpc) is 2.27. The molecule has 0 unspecified atom stereocenters. The number of carbonyl (C=O) groups excluding carboxylic acids is 1. The van der Waals surface area contributed by atoms with E-state index in [-0.39, 0.29) is 5.78 Å². The van der Waals surface area contributed by atoms with Crippen LogP contribution in [-0.4, -0.2) is 16.8 Å². The maximum absolute atomic E-state index is 11.0. The SMILES string of the molecule is Cc1ccc(/C=C/CCC(=O)C=[N+]=[N-])cc1. The first-order chi connectivity index (χ1) is 7.72. The van der Waals surface area contributed by atoms with Crippen LogP contribution in [0, 0.1) is 6.92 Å². The molecule has 0 spiro atoms. The highest BCUT2D eigenvalue weighted by Crippen LogP contribution is 2.06. The lowest BCUT2D eigenvalue weighted by Gasteiger charge is -1.94. The van der Waals surface area contributed by atoms with Gasteiger partial charge in [-0.05, 0) is 18.9 Å². The second-order valence-electron chi connectivity index (χ2n) is 3.56. The molecule has 1 rings (SSSR count). The highest BCUT2D eigenvalue weighted by Gasteiger charge is 1.99. The number of rotatable bonds is 5. The standard InChI is InChI=1S/C13H14N2O/c1-11-6-8-12(9-7-11)4-2-3-5-13(16)10-15-14/h2,4,6-10H,3,5H2,1H3/b4-2+. The van der Waals surface area contributed by atoms with Crippen LogP contribution in [0.2, 0.25) is 0 Å². The van der Waals surface area contributed by atoms with E-state index in [0.29, 0.717) is 12.8 Å². The summed E-state index contributed by atoms with van der Waals surface area (Å²) in [5.74, 6) is -0.170. The van der Waals surface area contributed by atoms with Crippen LogP contribution in [0.3, 0.4) is 0 Å². The molecule has 3 heteroatoms. The molecule has 3 nitrogen and oxygen atoms in total. The van der Waals surface area contributed by atoms with Crippen molar-refractivity contribution >= 4 is 18.1 Å². The first-order valence-electron chi connectivity index (χ1n) is 5.16. The Morgan fingerprint density at radius 2 is 2.06 bits per heavy atom. The van der Waals surface area contributed by atoms with Crippen molar-refractivity contribution in [1.82, 2.24) is 0 Å². The zero-order valence-corrected chi connectivity index (χ0v) is 9.26. The van der Waals surface area contributed by atoms with E-state index in [2.05, 4.69) is 4.79 Å². The maximum atomic E-state index is 11.0. The molecule has 0 aliphatic carbocycles. The van der Waals surface area contributed by atoms with Gasteiger partial charge in [-0.2, -0.15) is 4.79 Å². The smallest absolute Gasteiger partial charge is 0.323 e. The molecule has 0 bridgehead atoms. The topological polar surface area (TPSA) is 53.5 Å². The zero-order valence-electron chi connectivity index (χ0n) is 9.26. The quantitative estimate of drug-likeness (QED) is 0.422. The van der Waals surface area contributed by atoms with Gasteiger partial charge in [0.05, 0.1) is 0 Å². The minimum atomic E-state index is -0.170. The minimum absolute atomic E-state index is 0.170. The predicted molar refractivity (Wildman–Crippen MR) is 64.1 cm³/mol. The second-order valence-corrected chi connectivity index (χ2v) is 3.56. The van der Waals surface area contributed by atoms with Crippen molar-refractivity contribution in [1.29, 1.82) is 0 Å². The van der Waals surface area contributed by atoms with Gasteiger partial charge in [0, 0.05) is 6.42 Å². The van der Waals surface area contributed by atoms with Gasteiger partial charge in [0.25, 0.3) is 0 Å². The van der Waals surface area contributed by atoms with Crippen molar-refractivity contribution in [2.24, 2.45) is 0 Å². The number of hydrogen-bond acceptors (Lipinski definition) is 1. The van der Waals surface area contributed by atoms with Crippen LogP contribution >= 0.6 is 0 Å². The summed E-state index contributed by atoms with van der Waals surface area (Å²) in [4.78, 5) is 13.6. The van der Waals surface area contributed by atoms with Gasteiger partial charge in [0.15, 0.2) is 0 Å². The van der Waals surface area contributed by atoms with E-state index in [1.165, 1.54) is 5.56 Å². The number of ketones is 1. The second kappa shape index (κ2) is 6.49. The van der Waals surface area contributed by atoms with E-state index < -0.39 is 0 Å². The van der Waals surface area contributed by atoms with E-state index in [1.54, 1.807) is 0 Å². The van der Waals surface area contributed by atoms with Crippen molar-refractivity contribution < 1.29 is 9.58 Å². The Morgan fingerprint density at radius 1 is 1.38 bits per heavy atom. The summed E-state index contributed by atoms with van der Waals surface area (Å²) in [6.07, 6.45) is 5.86. The first-order valence-corrected chi connectivity index (χ1v) is 5.16. The van der Waals surface area contributed by atoms with Gasteiger partial charge in [-0.1, -0.05) is 42.0 Å². The average molecular weight is 214 g/mol. The molecule has 0 aliphatic heterocycles. The van der Waals surface area contributed by atoms with Crippen LogP contribution in [0.5, 0.6) is 0 Å². The van der Waals surface area contributed by atoms with E-state index in [1.807, 2.05) is 43.3 Å². The fraction of sp³-hybridized carbons (Fsp3) is 0.231. The Bertz CT molecular complexity index is 426. The lowest BCUT2D eigenvalue weighted by atomic mass is 10.1. The molecule has 16 heavy (non-hydrogen) atoms. The van der Waals surface area contributed by atoms with Crippen molar-refractivity contribution in [3.05, 3.63) is 47.0 Å². The normalized spacial score (nSPS) is 10.1. The summed E-state index contributed by atoms with van der Waals surface area (Å²) in [7, 11) is 0. The van der Waals surface area contributed by atoms with Gasteiger partial charge < -0.3 is 5.53 Å². The Hall–Kier alpha value is -1.99. The van der Waals surface area contributed by atoms with E-state index in [9.17, 15) is 4.79 Å². The van der Waals surface area contributed by atoms with Crippen molar-refractivity contribution in [3.63, 3.8) is 0 Å². The first kappa shape index (κ1) is 12.1. The summed E-state index contributed by atoms with van der Waals surface area (Å²) < 4.78 is 0. The van der Waals surface area contributed by atoms with Crippen LogP contribution in [0.1, 0.15) is 24.0 Å². The third kappa shape index (κ3) is 4.49. The Labute approximate surface area is 95.0 Å². The summed E-state index contributed by atoms with van der Waals surface area (Å²) in [6, 6.07) is 8.15. The minimum Gasteiger partial charge on any atom is -0.361 e. The van der Waals surface area contributed by atoms with Gasteiger partial charge in [0.2, 0.25) is 5.78 Å². The molecule has 0 amide bonds. The van der Waals surface area contributed by atoms with Crippen molar-refractivity contribution in [2.45, 2.75) is 19.8 Å². The fourth-order valence-electron chi connectivity index (χ4n) is 1.25. The van der Waals surface area contributed by atoms with Gasteiger partial charge in [0.1, 0.15) is 0 Å². The molecule has 1 aromatic carbocycles. The monoisotopic (exact) mass is 214 g/mol. The number of aryl methyl sites for hydroxylation is 1. The number of carbonyl (C=O) groups is 1. The van der Waals surface area contributed by atoms with Gasteiger partial charge in [-0.3, -0.25) is 4.79 Å². The number of hydrogen-bond donors (Lipinski definition) is 0. The number of benzene rings is 1. The Morgan fingerprint density at radius 3 is 2.69 bits per heavy atom. The third-order valence-electron chi connectivity index (χ3n) is 2.15. The third-order valence-corrected chi connectivity index (χ3v) is 2.15. The van der Waals surface area contributed by atoms with Gasteiger partial charge in [-0.25, -0.2) is 0 Å². The van der Waals surface area contributed by atoms with Gasteiger partial charge >= 0.3 is 6.21 Å². The van der Waals surface area contributed by atoms with Gasteiger partial charge in [-0.15, -0.1) is 0 Å². The van der Waals surface area contributed by atoms with Crippen LogP contribution in [0.4, 0.5) is 0 Å². The van der Waals surface area contributed by atoms with Crippen LogP contribution in [0.25, 0.3) is 11.6 Å². The summed E-state index contributed by atoms with van der Waals surface area (Å²) in [6.45, 7) is 2.04. The number of nitrogens with zero attached hydrogens (tertiary/aromatic N) is 2. The molecule has 1 aromatic rings. The molecular formula is C13H14N2O. The molecule has 0 heterocycles. The van der Waals surface area contributed by atoms with E-state index in [4.69, 9.17) is 5.53 Å². The largest absolute Gasteiger partial charge is 0.361 e. The van der Waals surface area contributed by atoms with Crippen LogP contribution in [-0.2, 0) is 4.79 Å². The van der Waals surface area contributed by atoms with Crippen molar-refractivity contribution in [2.75, 3.05) is 0 Å². The molecule has 0 N–H and O–H groups in total. The molecule has 0 fully saturated rings. The highest BCUT2D eigenvalue weighted by atomic mass is 16.1. The number of allylic oxidation sites excluding steroid dienone is 1. The fourth-order valence-corrected chi connectivity index (χ4v) is 1.25. The van der Waals surface area contributed by atoms with E-state index >= 15 is 0 Å².